The Hall–Kier alpha value is -4.13. The van der Waals surface area contributed by atoms with Gasteiger partial charge in [-0.05, 0) is 17.2 Å². The highest BCUT2D eigenvalue weighted by Gasteiger charge is 2.14. The van der Waals surface area contributed by atoms with Crippen LogP contribution in [-0.4, -0.2) is 32.2 Å². The quantitative estimate of drug-likeness (QED) is 0.345. The van der Waals surface area contributed by atoms with E-state index >= 15 is 0 Å². The zero-order chi connectivity index (χ0) is 23.4. The van der Waals surface area contributed by atoms with Crippen LogP contribution in [0.4, 0.5) is 11.5 Å². The Morgan fingerprint density at radius 2 is 1.61 bits per heavy atom. The van der Waals surface area contributed by atoms with Crippen molar-refractivity contribution in [2.75, 3.05) is 26.6 Å². The second kappa shape index (κ2) is 9.56. The van der Waals surface area contributed by atoms with Crippen LogP contribution in [0.25, 0.3) is 22.0 Å². The Labute approximate surface area is 192 Å². The van der Waals surface area contributed by atoms with Crippen LogP contribution >= 0.6 is 0 Å². The molecule has 4 aromatic rings. The number of nitrogens with one attached hydrogen (secondary N) is 3. The predicted molar refractivity (Wildman–Crippen MR) is 131 cm³/mol. The Kier molecular flexibility index (Phi) is 6.40. The summed E-state index contributed by atoms with van der Waals surface area (Å²) in [6, 6.07) is 20.2. The first-order valence-electron chi connectivity index (χ1n) is 10.5. The molecule has 0 atom stereocenters. The van der Waals surface area contributed by atoms with E-state index in [2.05, 4.69) is 45.9 Å². The number of benzene rings is 3. The first-order valence-corrected chi connectivity index (χ1v) is 10.5. The molecule has 4 rings (SSSR count). The molecule has 0 saturated carbocycles. The molecule has 0 aliphatic heterocycles. The number of amides is 1. The van der Waals surface area contributed by atoms with Gasteiger partial charge in [0.1, 0.15) is 5.82 Å². The second-order valence-corrected chi connectivity index (χ2v) is 7.60. The molecule has 1 aromatic heterocycles. The van der Waals surface area contributed by atoms with Crippen LogP contribution in [-0.2, 0) is 11.3 Å². The fourth-order valence-electron chi connectivity index (χ4n) is 3.80. The van der Waals surface area contributed by atoms with Crippen molar-refractivity contribution in [1.82, 2.24) is 10.3 Å². The summed E-state index contributed by atoms with van der Waals surface area (Å²) in [5, 5.41) is 7.31. The molecule has 33 heavy (non-hydrogen) atoms. The fourth-order valence-corrected chi connectivity index (χ4v) is 3.80. The molecular weight excluding hydrogens is 418 g/mol. The lowest BCUT2D eigenvalue weighted by atomic mass is 10.0. The predicted octanol–water partition coefficient (Wildman–Crippen LogP) is 5.24. The third-order valence-corrected chi connectivity index (χ3v) is 5.41. The number of carbonyl (C=O) groups is 1. The van der Waals surface area contributed by atoms with Gasteiger partial charge in [-0.25, -0.2) is 0 Å². The van der Waals surface area contributed by atoms with Crippen molar-refractivity contribution < 1.29 is 19.0 Å². The number of anilines is 2. The maximum absolute atomic E-state index is 11.1. The Morgan fingerprint density at radius 1 is 0.909 bits per heavy atom. The standard InChI is InChI=1S/C26H27N3O4/c1-16(30)27-15-17-8-10-18(11-9-17)21-7-5-6-19-12-24(29-25(19)21)28-20-13-22(31-2)26(33-4)23(14-20)32-3/h5-14,28-29H,15H2,1-4H3,(H,27,30). The van der Waals surface area contributed by atoms with Gasteiger partial charge in [-0.15, -0.1) is 0 Å². The SMILES string of the molecule is COc1cc(Nc2cc3cccc(-c4ccc(CNC(C)=O)cc4)c3[nH]2)cc(OC)c1OC. The van der Waals surface area contributed by atoms with Crippen LogP contribution in [0.2, 0.25) is 0 Å². The van der Waals surface area contributed by atoms with Crippen molar-refractivity contribution in [3.8, 4) is 28.4 Å². The normalized spacial score (nSPS) is 10.7. The number of aromatic nitrogens is 1. The van der Waals surface area contributed by atoms with Crippen molar-refractivity contribution in [3.05, 3.63) is 66.2 Å². The summed E-state index contributed by atoms with van der Waals surface area (Å²) in [4.78, 5) is 14.6. The van der Waals surface area contributed by atoms with Crippen LogP contribution < -0.4 is 24.8 Å². The molecule has 0 aliphatic rings. The van der Waals surface area contributed by atoms with Gasteiger partial charge in [0.25, 0.3) is 0 Å². The van der Waals surface area contributed by atoms with Gasteiger partial charge in [0.05, 0.1) is 26.8 Å². The molecule has 3 aromatic carbocycles. The second-order valence-electron chi connectivity index (χ2n) is 7.60. The molecule has 0 unspecified atom stereocenters. The Bertz CT molecular complexity index is 1250. The largest absolute Gasteiger partial charge is 0.493 e. The average molecular weight is 446 g/mol. The maximum atomic E-state index is 11.1. The molecule has 0 fully saturated rings. The lowest BCUT2D eigenvalue weighted by Gasteiger charge is -2.14. The molecule has 3 N–H and O–H groups in total. The van der Waals surface area contributed by atoms with Crippen molar-refractivity contribution in [3.63, 3.8) is 0 Å². The van der Waals surface area contributed by atoms with E-state index in [0.717, 1.165) is 39.1 Å². The number of ether oxygens (including phenoxy) is 3. The molecule has 0 aliphatic carbocycles. The third-order valence-electron chi connectivity index (χ3n) is 5.41. The van der Waals surface area contributed by atoms with Crippen LogP contribution in [0, 0.1) is 0 Å². The number of fused-ring (bicyclic) bond motifs is 1. The highest BCUT2D eigenvalue weighted by atomic mass is 16.5. The number of methoxy groups -OCH3 is 3. The maximum Gasteiger partial charge on any atom is 0.217 e. The molecule has 0 saturated heterocycles. The zero-order valence-electron chi connectivity index (χ0n) is 19.1. The Balaban J connectivity index is 1.64. The van der Waals surface area contributed by atoms with E-state index in [1.165, 1.54) is 6.92 Å². The van der Waals surface area contributed by atoms with E-state index in [1.54, 1.807) is 21.3 Å². The summed E-state index contributed by atoms with van der Waals surface area (Å²) < 4.78 is 16.3. The first-order chi connectivity index (χ1) is 16.0. The van der Waals surface area contributed by atoms with Gasteiger partial charge in [-0.1, -0.05) is 42.5 Å². The molecule has 0 spiro atoms. The van der Waals surface area contributed by atoms with Crippen molar-refractivity contribution in [2.24, 2.45) is 0 Å². The van der Waals surface area contributed by atoms with Gasteiger partial charge in [0.15, 0.2) is 11.5 Å². The molecular formula is C26H27N3O4. The summed E-state index contributed by atoms with van der Waals surface area (Å²) in [5.74, 6) is 2.51. The summed E-state index contributed by atoms with van der Waals surface area (Å²) >= 11 is 0. The van der Waals surface area contributed by atoms with E-state index in [9.17, 15) is 4.79 Å². The number of carbonyl (C=O) groups excluding carboxylic acids is 1. The van der Waals surface area contributed by atoms with E-state index in [0.29, 0.717) is 23.8 Å². The van der Waals surface area contributed by atoms with Crippen molar-refractivity contribution >= 4 is 28.3 Å². The lowest BCUT2D eigenvalue weighted by molar-refractivity contribution is -0.119. The number of hydrogen-bond acceptors (Lipinski definition) is 5. The lowest BCUT2D eigenvalue weighted by Crippen LogP contribution is -2.18. The van der Waals surface area contributed by atoms with Gasteiger partial charge in [0.2, 0.25) is 11.7 Å². The summed E-state index contributed by atoms with van der Waals surface area (Å²) in [7, 11) is 4.77. The zero-order valence-corrected chi connectivity index (χ0v) is 19.1. The van der Waals surface area contributed by atoms with Crippen molar-refractivity contribution in [2.45, 2.75) is 13.5 Å². The minimum absolute atomic E-state index is 0.0395. The number of para-hydroxylation sites is 1. The van der Waals surface area contributed by atoms with Gasteiger partial charge < -0.3 is 29.8 Å². The van der Waals surface area contributed by atoms with E-state index in [4.69, 9.17) is 14.2 Å². The minimum atomic E-state index is -0.0395. The highest BCUT2D eigenvalue weighted by Crippen LogP contribution is 2.41. The van der Waals surface area contributed by atoms with Crippen LogP contribution in [0.1, 0.15) is 12.5 Å². The van der Waals surface area contributed by atoms with Crippen LogP contribution in [0.3, 0.4) is 0 Å². The smallest absolute Gasteiger partial charge is 0.217 e. The van der Waals surface area contributed by atoms with Crippen molar-refractivity contribution in [1.29, 1.82) is 0 Å². The molecule has 0 bridgehead atoms. The van der Waals surface area contributed by atoms with Gasteiger partial charge >= 0.3 is 0 Å². The van der Waals surface area contributed by atoms with E-state index in [-0.39, 0.29) is 5.91 Å². The summed E-state index contributed by atoms with van der Waals surface area (Å²) in [6.07, 6.45) is 0. The minimum Gasteiger partial charge on any atom is -0.493 e. The van der Waals surface area contributed by atoms with Gasteiger partial charge in [0, 0.05) is 42.2 Å². The number of aromatic amines is 1. The molecule has 1 amide bonds. The van der Waals surface area contributed by atoms with Crippen LogP contribution in [0.15, 0.2) is 60.7 Å². The number of hydrogen-bond donors (Lipinski definition) is 3. The van der Waals surface area contributed by atoms with E-state index < -0.39 is 0 Å². The monoisotopic (exact) mass is 445 g/mol. The molecule has 7 heteroatoms. The molecule has 1 heterocycles. The van der Waals surface area contributed by atoms with Gasteiger partial charge in [-0.3, -0.25) is 4.79 Å². The topological polar surface area (TPSA) is 84.6 Å². The highest BCUT2D eigenvalue weighted by molar-refractivity contribution is 5.97. The van der Waals surface area contributed by atoms with Crippen LogP contribution in [0.5, 0.6) is 17.2 Å². The molecule has 170 valence electrons. The molecule has 0 radical (unpaired) electrons. The van der Waals surface area contributed by atoms with Gasteiger partial charge in [-0.2, -0.15) is 0 Å². The third kappa shape index (κ3) is 4.72. The average Bonchev–Trinajstić information content (AvgIpc) is 3.24. The molecule has 7 nitrogen and oxygen atoms in total. The summed E-state index contributed by atoms with van der Waals surface area (Å²) in [6.45, 7) is 2.04. The summed E-state index contributed by atoms with van der Waals surface area (Å²) in [5.41, 5.74) is 5.07. The Morgan fingerprint density at radius 3 is 2.21 bits per heavy atom. The number of rotatable bonds is 8. The first kappa shape index (κ1) is 22.1. The fraction of sp³-hybridized carbons (Fsp3) is 0.192. The van der Waals surface area contributed by atoms with E-state index in [1.807, 2.05) is 30.3 Å². The number of H-pyrrole nitrogens is 1.